The van der Waals surface area contributed by atoms with Crippen molar-refractivity contribution in [2.24, 2.45) is 0 Å². The fourth-order valence-corrected chi connectivity index (χ4v) is 1.89. The highest BCUT2D eigenvalue weighted by Crippen LogP contribution is 2.08. The topological polar surface area (TPSA) is 33.5 Å². The maximum absolute atomic E-state index is 12.1. The summed E-state index contributed by atoms with van der Waals surface area (Å²) in [5, 5.41) is 0. The van der Waals surface area contributed by atoms with Crippen molar-refractivity contribution in [1.82, 2.24) is 4.90 Å². The minimum Gasteiger partial charge on any atom is -0.467 e. The van der Waals surface area contributed by atoms with Crippen LogP contribution in [0.25, 0.3) is 6.08 Å². The number of hydrogen-bond donors (Lipinski definition) is 0. The second kappa shape index (κ2) is 6.75. The lowest BCUT2D eigenvalue weighted by Crippen LogP contribution is -2.28. The van der Waals surface area contributed by atoms with E-state index in [2.05, 4.69) is 0 Å². The Labute approximate surface area is 119 Å². The van der Waals surface area contributed by atoms with Crippen molar-refractivity contribution in [1.29, 1.82) is 0 Å². The monoisotopic (exact) mass is 269 g/mol. The molecule has 0 N–H and O–H groups in total. The Morgan fingerprint density at radius 2 is 2.00 bits per heavy atom. The van der Waals surface area contributed by atoms with Crippen LogP contribution in [0.2, 0.25) is 0 Å². The summed E-state index contributed by atoms with van der Waals surface area (Å²) in [6, 6.07) is 11.8. The third kappa shape index (κ3) is 3.85. The molecule has 2 rings (SSSR count). The smallest absolute Gasteiger partial charge is 0.246 e. The number of nitrogens with zero attached hydrogens (tertiary/aromatic N) is 1. The first-order valence-electron chi connectivity index (χ1n) is 6.75. The number of likely N-dealkylation sites (N-methyl/N-ethyl adjacent to an activating group) is 1. The zero-order chi connectivity index (χ0) is 14.4. The van der Waals surface area contributed by atoms with Gasteiger partial charge in [-0.25, -0.2) is 0 Å². The fraction of sp³-hybridized carbons (Fsp3) is 0.235. The molecule has 1 aromatic carbocycles. The average Bonchev–Trinajstić information content (AvgIpc) is 2.97. The van der Waals surface area contributed by atoms with Crippen LogP contribution in [0.4, 0.5) is 0 Å². The molecule has 3 heteroatoms. The van der Waals surface area contributed by atoms with Crippen molar-refractivity contribution in [2.45, 2.75) is 20.4 Å². The molecule has 0 aliphatic carbocycles. The third-order valence-corrected chi connectivity index (χ3v) is 3.12. The molecule has 3 nitrogen and oxygen atoms in total. The minimum atomic E-state index is -0.00975. The Hall–Kier alpha value is -2.29. The zero-order valence-electron chi connectivity index (χ0n) is 11.9. The first-order valence-corrected chi connectivity index (χ1v) is 6.75. The number of carbonyl (C=O) groups is 1. The van der Waals surface area contributed by atoms with Gasteiger partial charge in [0.05, 0.1) is 12.8 Å². The number of furan rings is 1. The number of benzene rings is 1. The molecule has 0 saturated heterocycles. The summed E-state index contributed by atoms with van der Waals surface area (Å²) in [5.74, 6) is 0.786. The summed E-state index contributed by atoms with van der Waals surface area (Å²) < 4.78 is 5.27. The Balaban J connectivity index is 2.00. The van der Waals surface area contributed by atoms with Crippen LogP contribution >= 0.6 is 0 Å². The van der Waals surface area contributed by atoms with Crippen LogP contribution in [0.5, 0.6) is 0 Å². The second-order valence-electron chi connectivity index (χ2n) is 4.68. The zero-order valence-corrected chi connectivity index (χ0v) is 11.9. The van der Waals surface area contributed by atoms with E-state index in [1.807, 2.05) is 56.3 Å². The van der Waals surface area contributed by atoms with E-state index in [1.165, 1.54) is 5.56 Å². The molecule has 1 aromatic heterocycles. The van der Waals surface area contributed by atoms with Crippen LogP contribution in [0.15, 0.2) is 53.2 Å². The van der Waals surface area contributed by atoms with Gasteiger partial charge in [0.2, 0.25) is 5.91 Å². The van der Waals surface area contributed by atoms with Gasteiger partial charge in [0, 0.05) is 12.6 Å². The third-order valence-electron chi connectivity index (χ3n) is 3.12. The Kier molecular flexibility index (Phi) is 4.77. The maximum Gasteiger partial charge on any atom is 0.246 e. The van der Waals surface area contributed by atoms with E-state index in [0.29, 0.717) is 13.1 Å². The largest absolute Gasteiger partial charge is 0.467 e. The summed E-state index contributed by atoms with van der Waals surface area (Å²) in [6.45, 7) is 5.15. The SMILES string of the molecule is CCN(Cc1ccco1)C(=O)C=Cc1ccc(C)cc1. The van der Waals surface area contributed by atoms with Crippen LogP contribution in [0.3, 0.4) is 0 Å². The molecule has 0 atom stereocenters. The Morgan fingerprint density at radius 1 is 1.25 bits per heavy atom. The first kappa shape index (κ1) is 14.1. The highest BCUT2D eigenvalue weighted by Gasteiger charge is 2.10. The van der Waals surface area contributed by atoms with E-state index < -0.39 is 0 Å². The van der Waals surface area contributed by atoms with Crippen molar-refractivity contribution in [2.75, 3.05) is 6.54 Å². The van der Waals surface area contributed by atoms with Gasteiger partial charge in [0.1, 0.15) is 5.76 Å². The van der Waals surface area contributed by atoms with Crippen molar-refractivity contribution in [3.05, 3.63) is 65.6 Å². The molecule has 0 unspecified atom stereocenters. The van der Waals surface area contributed by atoms with Crippen molar-refractivity contribution in [3.8, 4) is 0 Å². The summed E-state index contributed by atoms with van der Waals surface area (Å²) in [6.07, 6.45) is 5.07. The quantitative estimate of drug-likeness (QED) is 0.776. The lowest BCUT2D eigenvalue weighted by molar-refractivity contribution is -0.126. The maximum atomic E-state index is 12.1. The van der Waals surface area contributed by atoms with Crippen molar-refractivity contribution in [3.63, 3.8) is 0 Å². The summed E-state index contributed by atoms with van der Waals surface area (Å²) in [7, 11) is 0. The van der Waals surface area contributed by atoms with Gasteiger partial charge in [-0.1, -0.05) is 29.8 Å². The number of aryl methyl sites for hydroxylation is 1. The molecule has 0 fully saturated rings. The molecule has 2 aromatic rings. The van der Waals surface area contributed by atoms with Gasteiger partial charge < -0.3 is 9.32 Å². The van der Waals surface area contributed by atoms with Gasteiger partial charge in [0.15, 0.2) is 0 Å². The van der Waals surface area contributed by atoms with Gasteiger partial charge in [0.25, 0.3) is 0 Å². The molecule has 104 valence electrons. The van der Waals surface area contributed by atoms with E-state index in [0.717, 1.165) is 11.3 Å². The number of rotatable bonds is 5. The van der Waals surface area contributed by atoms with Gasteiger partial charge in [-0.05, 0) is 37.6 Å². The lowest BCUT2D eigenvalue weighted by Gasteiger charge is -2.17. The van der Waals surface area contributed by atoms with E-state index in [1.54, 1.807) is 17.2 Å². The molecule has 1 heterocycles. The molecule has 0 spiro atoms. The van der Waals surface area contributed by atoms with Gasteiger partial charge in [-0.2, -0.15) is 0 Å². The molecular weight excluding hydrogens is 250 g/mol. The Bertz CT molecular complexity index is 568. The molecule has 0 radical (unpaired) electrons. The second-order valence-corrected chi connectivity index (χ2v) is 4.68. The fourth-order valence-electron chi connectivity index (χ4n) is 1.89. The molecule has 0 aliphatic rings. The van der Waals surface area contributed by atoms with Crippen LogP contribution in [0.1, 0.15) is 23.8 Å². The highest BCUT2D eigenvalue weighted by atomic mass is 16.3. The van der Waals surface area contributed by atoms with Gasteiger partial charge in [-0.15, -0.1) is 0 Å². The number of amides is 1. The van der Waals surface area contributed by atoms with Gasteiger partial charge in [-0.3, -0.25) is 4.79 Å². The van der Waals surface area contributed by atoms with E-state index in [4.69, 9.17) is 4.42 Å². The normalized spacial score (nSPS) is 10.9. The molecule has 1 amide bonds. The summed E-state index contributed by atoms with van der Waals surface area (Å²) in [5.41, 5.74) is 2.24. The molecule has 20 heavy (non-hydrogen) atoms. The molecule has 0 aliphatic heterocycles. The van der Waals surface area contributed by atoms with E-state index >= 15 is 0 Å². The summed E-state index contributed by atoms with van der Waals surface area (Å²) >= 11 is 0. The number of hydrogen-bond acceptors (Lipinski definition) is 2. The van der Waals surface area contributed by atoms with E-state index in [9.17, 15) is 4.79 Å². The predicted molar refractivity (Wildman–Crippen MR) is 80.0 cm³/mol. The molecule has 0 saturated carbocycles. The van der Waals surface area contributed by atoms with Crippen LogP contribution < -0.4 is 0 Å². The molecule has 0 bridgehead atoms. The van der Waals surface area contributed by atoms with Crippen LogP contribution in [-0.2, 0) is 11.3 Å². The van der Waals surface area contributed by atoms with Crippen molar-refractivity contribution < 1.29 is 9.21 Å². The van der Waals surface area contributed by atoms with Crippen LogP contribution in [-0.4, -0.2) is 17.4 Å². The molecular formula is C17H19NO2. The predicted octanol–water partition coefficient (Wildman–Crippen LogP) is 3.65. The first-order chi connectivity index (χ1) is 9.69. The number of carbonyl (C=O) groups excluding carboxylic acids is 1. The van der Waals surface area contributed by atoms with Crippen LogP contribution in [0, 0.1) is 6.92 Å². The summed E-state index contributed by atoms with van der Waals surface area (Å²) in [4.78, 5) is 13.9. The lowest BCUT2D eigenvalue weighted by atomic mass is 10.1. The highest BCUT2D eigenvalue weighted by molar-refractivity contribution is 5.91. The average molecular weight is 269 g/mol. The Morgan fingerprint density at radius 3 is 2.60 bits per heavy atom. The van der Waals surface area contributed by atoms with Crippen molar-refractivity contribution >= 4 is 12.0 Å². The van der Waals surface area contributed by atoms with Gasteiger partial charge >= 0.3 is 0 Å². The minimum absolute atomic E-state index is 0.00975. The standard InChI is InChI=1S/C17H19NO2/c1-3-18(13-16-5-4-12-20-16)17(19)11-10-15-8-6-14(2)7-9-15/h4-12H,3,13H2,1-2H3. The van der Waals surface area contributed by atoms with E-state index in [-0.39, 0.29) is 5.91 Å².